The summed E-state index contributed by atoms with van der Waals surface area (Å²) < 4.78 is 10.8. The third kappa shape index (κ3) is 4.83. The highest BCUT2D eigenvalue weighted by molar-refractivity contribution is 6.05. The Balaban J connectivity index is 2.07. The lowest BCUT2D eigenvalue weighted by atomic mass is 10.1. The van der Waals surface area contributed by atoms with Crippen LogP contribution in [-0.2, 0) is 11.3 Å². The van der Waals surface area contributed by atoms with Crippen molar-refractivity contribution in [3.05, 3.63) is 59.2 Å². The van der Waals surface area contributed by atoms with Crippen molar-refractivity contribution in [1.82, 2.24) is 0 Å². The van der Waals surface area contributed by atoms with Gasteiger partial charge in [0.1, 0.15) is 5.75 Å². The Morgan fingerprint density at radius 1 is 1.13 bits per heavy atom. The summed E-state index contributed by atoms with van der Waals surface area (Å²) in [6.07, 6.45) is 0.187. The molecule has 2 aromatic rings. The van der Waals surface area contributed by atoms with Crippen molar-refractivity contribution in [3.8, 4) is 5.75 Å². The highest BCUT2D eigenvalue weighted by Gasteiger charge is 2.10. The zero-order chi connectivity index (χ0) is 16.8. The number of anilines is 1. The van der Waals surface area contributed by atoms with Gasteiger partial charge in [-0.15, -0.1) is 0 Å². The molecule has 4 heteroatoms. The summed E-state index contributed by atoms with van der Waals surface area (Å²) in [5.41, 5.74) is 3.37. The molecule has 0 aliphatic rings. The summed E-state index contributed by atoms with van der Waals surface area (Å²) in [6, 6.07) is 13.1. The van der Waals surface area contributed by atoms with Gasteiger partial charge in [-0.05, 0) is 56.2 Å². The fourth-order valence-electron chi connectivity index (χ4n) is 2.13. The molecule has 1 amide bonds. The van der Waals surface area contributed by atoms with E-state index in [2.05, 4.69) is 5.32 Å². The van der Waals surface area contributed by atoms with E-state index < -0.39 is 0 Å². The van der Waals surface area contributed by atoms with Crippen molar-refractivity contribution >= 4 is 11.6 Å². The number of aryl methyl sites for hydroxylation is 1. The molecule has 2 rings (SSSR count). The predicted octanol–water partition coefficient (Wildman–Crippen LogP) is 4.18. The zero-order valence-electron chi connectivity index (χ0n) is 14.1. The van der Waals surface area contributed by atoms with E-state index in [4.69, 9.17) is 9.47 Å². The Morgan fingerprint density at radius 3 is 2.43 bits per heavy atom. The van der Waals surface area contributed by atoms with Gasteiger partial charge < -0.3 is 14.8 Å². The number of ether oxygens (including phenoxy) is 2. The van der Waals surface area contributed by atoms with E-state index in [-0.39, 0.29) is 12.0 Å². The molecule has 0 saturated carbocycles. The lowest BCUT2D eigenvalue weighted by Gasteiger charge is -2.11. The van der Waals surface area contributed by atoms with Gasteiger partial charge in [0, 0.05) is 5.56 Å². The summed E-state index contributed by atoms with van der Waals surface area (Å²) in [5.74, 6) is 0.483. The maximum Gasteiger partial charge on any atom is 0.255 e. The number of carbonyl (C=O) groups is 1. The first-order valence-corrected chi connectivity index (χ1v) is 7.66. The lowest BCUT2D eigenvalue weighted by molar-refractivity contribution is 0.0657. The molecule has 0 bridgehead atoms. The predicted molar refractivity (Wildman–Crippen MR) is 92.1 cm³/mol. The smallest absolute Gasteiger partial charge is 0.255 e. The fraction of sp³-hybridized carbons (Fsp3) is 0.316. The fourth-order valence-corrected chi connectivity index (χ4v) is 2.13. The van der Waals surface area contributed by atoms with Crippen LogP contribution in [0.3, 0.4) is 0 Å². The number of methoxy groups -OCH3 is 1. The van der Waals surface area contributed by atoms with Crippen molar-refractivity contribution < 1.29 is 14.3 Å². The normalized spacial score (nSPS) is 10.7. The van der Waals surface area contributed by atoms with Crippen molar-refractivity contribution in [2.24, 2.45) is 0 Å². The van der Waals surface area contributed by atoms with Gasteiger partial charge in [-0.3, -0.25) is 4.79 Å². The second-order valence-corrected chi connectivity index (χ2v) is 5.71. The number of hydrogen-bond acceptors (Lipinski definition) is 3. The van der Waals surface area contributed by atoms with Gasteiger partial charge in [0.2, 0.25) is 0 Å². The van der Waals surface area contributed by atoms with Gasteiger partial charge in [-0.2, -0.15) is 0 Å². The summed E-state index contributed by atoms with van der Waals surface area (Å²) >= 11 is 0. The molecule has 0 fully saturated rings. The van der Waals surface area contributed by atoms with Crippen LogP contribution >= 0.6 is 0 Å². The average molecular weight is 313 g/mol. The largest absolute Gasteiger partial charge is 0.495 e. The summed E-state index contributed by atoms with van der Waals surface area (Å²) in [6.45, 7) is 6.51. The molecule has 1 N–H and O–H groups in total. The van der Waals surface area contributed by atoms with Crippen molar-refractivity contribution in [2.75, 3.05) is 12.4 Å². The summed E-state index contributed by atoms with van der Waals surface area (Å²) in [5, 5.41) is 2.89. The highest BCUT2D eigenvalue weighted by atomic mass is 16.5. The Bertz CT molecular complexity index is 663. The van der Waals surface area contributed by atoms with Crippen LogP contribution in [0.2, 0.25) is 0 Å². The second kappa shape index (κ2) is 7.79. The molecule has 0 unspecified atom stereocenters. The maximum absolute atomic E-state index is 12.4. The Morgan fingerprint density at radius 2 is 1.83 bits per heavy atom. The first kappa shape index (κ1) is 17.0. The molecule has 0 heterocycles. The molecule has 0 radical (unpaired) electrons. The van der Waals surface area contributed by atoms with Gasteiger partial charge in [0.15, 0.2) is 0 Å². The minimum Gasteiger partial charge on any atom is -0.495 e. The zero-order valence-corrected chi connectivity index (χ0v) is 14.1. The average Bonchev–Trinajstić information content (AvgIpc) is 2.53. The minimum absolute atomic E-state index is 0.162. The molecule has 2 aromatic carbocycles. The van der Waals surface area contributed by atoms with Gasteiger partial charge in [0.25, 0.3) is 5.91 Å². The van der Waals surface area contributed by atoms with Gasteiger partial charge in [-0.25, -0.2) is 0 Å². The number of hydrogen-bond donors (Lipinski definition) is 1. The Kier molecular flexibility index (Phi) is 5.77. The molecular formula is C19H23NO3. The van der Waals surface area contributed by atoms with Crippen molar-refractivity contribution in [1.29, 1.82) is 0 Å². The van der Waals surface area contributed by atoms with E-state index in [1.165, 1.54) is 0 Å². The molecule has 0 aliphatic heterocycles. The number of benzene rings is 2. The van der Waals surface area contributed by atoms with Gasteiger partial charge in [0.05, 0.1) is 25.5 Å². The van der Waals surface area contributed by atoms with E-state index in [0.29, 0.717) is 23.6 Å². The van der Waals surface area contributed by atoms with Gasteiger partial charge >= 0.3 is 0 Å². The van der Waals surface area contributed by atoms with Crippen LogP contribution in [0.15, 0.2) is 42.5 Å². The van der Waals surface area contributed by atoms with Crippen molar-refractivity contribution in [2.45, 2.75) is 33.5 Å². The molecule has 0 aliphatic carbocycles. The maximum atomic E-state index is 12.4. The van der Waals surface area contributed by atoms with Crippen LogP contribution in [0, 0.1) is 6.92 Å². The molecule has 122 valence electrons. The topological polar surface area (TPSA) is 47.6 Å². The van der Waals surface area contributed by atoms with Crippen LogP contribution in [0.5, 0.6) is 5.75 Å². The van der Waals surface area contributed by atoms with E-state index in [1.807, 2.05) is 51.1 Å². The monoisotopic (exact) mass is 313 g/mol. The molecule has 23 heavy (non-hydrogen) atoms. The first-order chi connectivity index (χ1) is 11.0. The van der Waals surface area contributed by atoms with Gasteiger partial charge in [-0.1, -0.05) is 18.2 Å². The van der Waals surface area contributed by atoms with Crippen LogP contribution in [0.25, 0.3) is 0 Å². The number of rotatable bonds is 6. The second-order valence-electron chi connectivity index (χ2n) is 5.71. The molecular weight excluding hydrogens is 290 g/mol. The van der Waals surface area contributed by atoms with E-state index in [9.17, 15) is 4.79 Å². The Labute approximate surface area is 137 Å². The first-order valence-electron chi connectivity index (χ1n) is 7.66. The highest BCUT2D eigenvalue weighted by Crippen LogP contribution is 2.25. The summed E-state index contributed by atoms with van der Waals surface area (Å²) in [4.78, 5) is 12.4. The standard InChI is InChI=1S/C19H23NO3/c1-13(2)23-12-15-6-8-16(9-7-15)19(21)20-17-11-14(3)5-10-18(17)22-4/h5-11,13H,12H2,1-4H3,(H,20,21). The van der Waals surface area contributed by atoms with Crippen molar-refractivity contribution in [3.63, 3.8) is 0 Å². The molecule has 0 spiro atoms. The molecule has 0 aromatic heterocycles. The Hall–Kier alpha value is -2.33. The minimum atomic E-state index is -0.162. The quantitative estimate of drug-likeness (QED) is 0.870. The molecule has 0 atom stereocenters. The van der Waals surface area contributed by atoms with E-state index in [1.54, 1.807) is 19.2 Å². The van der Waals surface area contributed by atoms with Crippen LogP contribution < -0.4 is 10.1 Å². The number of amides is 1. The third-order valence-electron chi connectivity index (χ3n) is 3.40. The lowest BCUT2D eigenvalue weighted by Crippen LogP contribution is -2.13. The van der Waals surface area contributed by atoms with E-state index >= 15 is 0 Å². The van der Waals surface area contributed by atoms with Crippen LogP contribution in [0.4, 0.5) is 5.69 Å². The van der Waals surface area contributed by atoms with E-state index in [0.717, 1.165) is 11.1 Å². The molecule has 0 saturated heterocycles. The number of nitrogens with one attached hydrogen (secondary N) is 1. The summed E-state index contributed by atoms with van der Waals surface area (Å²) in [7, 11) is 1.59. The SMILES string of the molecule is COc1ccc(C)cc1NC(=O)c1ccc(COC(C)C)cc1. The molecule has 4 nitrogen and oxygen atoms in total. The third-order valence-corrected chi connectivity index (χ3v) is 3.40. The van der Waals surface area contributed by atoms with Crippen LogP contribution in [-0.4, -0.2) is 19.1 Å². The van der Waals surface area contributed by atoms with Crippen LogP contribution in [0.1, 0.15) is 35.3 Å². The number of carbonyl (C=O) groups excluding carboxylic acids is 1.